The number of hydrogen-bond donors (Lipinski definition) is 0. The first-order chi connectivity index (χ1) is 9.81. The van der Waals surface area contributed by atoms with Crippen LogP contribution in [0.25, 0.3) is 6.08 Å². The fraction of sp³-hybridized carbons (Fsp3) is 0.0556. The highest BCUT2D eigenvalue weighted by Gasteiger charge is 2.07. The number of methoxy groups -OCH3 is 1. The van der Waals surface area contributed by atoms with Gasteiger partial charge in [0.2, 0.25) is 0 Å². The van der Waals surface area contributed by atoms with Crippen LogP contribution >= 0.6 is 0 Å². The second-order valence-corrected chi connectivity index (χ2v) is 4.19. The lowest BCUT2D eigenvalue weighted by atomic mass is 10.1. The zero-order chi connectivity index (χ0) is 14.2. The Hall–Kier alpha value is -2.61. The highest BCUT2D eigenvalue weighted by molar-refractivity contribution is 6.06. The summed E-state index contributed by atoms with van der Waals surface area (Å²) in [6.45, 7) is 0. The Morgan fingerprint density at radius 3 is 2.40 bits per heavy atom. The van der Waals surface area contributed by atoms with E-state index in [1.807, 2.05) is 54.6 Å². The lowest BCUT2D eigenvalue weighted by Gasteiger charge is -2.03. The Bertz CT molecular complexity index is 625. The van der Waals surface area contributed by atoms with Gasteiger partial charge >= 0.3 is 0 Å². The highest BCUT2D eigenvalue weighted by atomic mass is 16.5. The van der Waals surface area contributed by atoms with Crippen molar-refractivity contribution in [3.05, 3.63) is 84.0 Å². The molecule has 2 heteroatoms. The molecule has 0 atom stereocenters. The van der Waals surface area contributed by atoms with Gasteiger partial charge in [-0.25, -0.2) is 0 Å². The minimum absolute atomic E-state index is 0.0693. The van der Waals surface area contributed by atoms with Crippen molar-refractivity contribution in [2.24, 2.45) is 0 Å². The van der Waals surface area contributed by atoms with Gasteiger partial charge in [-0.1, -0.05) is 60.7 Å². The molecule has 20 heavy (non-hydrogen) atoms. The van der Waals surface area contributed by atoms with Crippen LogP contribution in [0.15, 0.2) is 72.8 Å². The topological polar surface area (TPSA) is 26.3 Å². The average molecular weight is 264 g/mol. The van der Waals surface area contributed by atoms with Crippen molar-refractivity contribution in [1.29, 1.82) is 0 Å². The summed E-state index contributed by atoms with van der Waals surface area (Å²) in [7, 11) is 1.56. The number of allylic oxidation sites excluding steroid dienone is 3. The first-order valence-corrected chi connectivity index (χ1v) is 6.38. The molecule has 0 saturated carbocycles. The molecule has 2 rings (SSSR count). The molecule has 0 N–H and O–H groups in total. The zero-order valence-corrected chi connectivity index (χ0v) is 11.3. The van der Waals surface area contributed by atoms with Crippen LogP contribution in [0.1, 0.15) is 15.9 Å². The maximum absolute atomic E-state index is 12.0. The molecule has 0 aliphatic heterocycles. The molecule has 0 aromatic heterocycles. The van der Waals surface area contributed by atoms with Gasteiger partial charge in [0.15, 0.2) is 5.78 Å². The van der Waals surface area contributed by atoms with Crippen molar-refractivity contribution in [3.63, 3.8) is 0 Å². The van der Waals surface area contributed by atoms with E-state index in [9.17, 15) is 4.79 Å². The van der Waals surface area contributed by atoms with E-state index in [1.165, 1.54) is 6.08 Å². The van der Waals surface area contributed by atoms with Gasteiger partial charge in [0, 0.05) is 0 Å². The summed E-state index contributed by atoms with van der Waals surface area (Å²) in [5, 5.41) is 0. The number of ether oxygens (including phenoxy) is 1. The van der Waals surface area contributed by atoms with Crippen molar-refractivity contribution in [3.8, 4) is 5.75 Å². The van der Waals surface area contributed by atoms with Crippen molar-refractivity contribution in [2.45, 2.75) is 0 Å². The third kappa shape index (κ3) is 3.69. The van der Waals surface area contributed by atoms with Crippen molar-refractivity contribution in [2.75, 3.05) is 7.11 Å². The van der Waals surface area contributed by atoms with Gasteiger partial charge < -0.3 is 4.74 Å². The van der Waals surface area contributed by atoms with Gasteiger partial charge in [-0.2, -0.15) is 0 Å². The van der Waals surface area contributed by atoms with Gasteiger partial charge in [-0.15, -0.1) is 0 Å². The Kier molecular flexibility index (Phi) is 4.90. The van der Waals surface area contributed by atoms with E-state index in [0.717, 1.165) is 5.56 Å². The van der Waals surface area contributed by atoms with Crippen LogP contribution in [-0.2, 0) is 0 Å². The van der Waals surface area contributed by atoms with Crippen molar-refractivity contribution < 1.29 is 9.53 Å². The molecular formula is C18H16O2. The summed E-state index contributed by atoms with van der Waals surface area (Å²) < 4.78 is 5.17. The Labute approximate surface area is 119 Å². The Morgan fingerprint density at radius 1 is 0.950 bits per heavy atom. The predicted octanol–water partition coefficient (Wildman–Crippen LogP) is 4.15. The Morgan fingerprint density at radius 2 is 1.65 bits per heavy atom. The van der Waals surface area contributed by atoms with Gasteiger partial charge in [0.05, 0.1) is 12.7 Å². The zero-order valence-electron chi connectivity index (χ0n) is 11.3. The lowest BCUT2D eigenvalue weighted by molar-refractivity contribution is 0.104. The van der Waals surface area contributed by atoms with E-state index in [0.29, 0.717) is 11.3 Å². The summed E-state index contributed by atoms with van der Waals surface area (Å²) in [4.78, 5) is 12.0. The molecular weight excluding hydrogens is 248 g/mol. The molecule has 0 aliphatic rings. The summed E-state index contributed by atoms with van der Waals surface area (Å²) >= 11 is 0. The predicted molar refractivity (Wildman–Crippen MR) is 81.9 cm³/mol. The highest BCUT2D eigenvalue weighted by Crippen LogP contribution is 2.18. The molecule has 0 saturated heterocycles. The molecule has 0 unspecified atom stereocenters. The minimum atomic E-state index is -0.0693. The fourth-order valence-electron chi connectivity index (χ4n) is 1.81. The summed E-state index contributed by atoms with van der Waals surface area (Å²) in [5.41, 5.74) is 1.67. The van der Waals surface area contributed by atoms with Crippen LogP contribution in [0.2, 0.25) is 0 Å². The number of para-hydroxylation sites is 1. The van der Waals surface area contributed by atoms with E-state index in [4.69, 9.17) is 4.74 Å². The number of hydrogen-bond acceptors (Lipinski definition) is 2. The second-order valence-electron chi connectivity index (χ2n) is 4.19. The lowest BCUT2D eigenvalue weighted by Crippen LogP contribution is -1.98. The van der Waals surface area contributed by atoms with Crippen molar-refractivity contribution >= 4 is 11.9 Å². The molecule has 2 aromatic rings. The molecule has 100 valence electrons. The van der Waals surface area contributed by atoms with E-state index in [-0.39, 0.29) is 5.78 Å². The molecule has 0 spiro atoms. The van der Waals surface area contributed by atoms with E-state index in [1.54, 1.807) is 25.3 Å². The minimum Gasteiger partial charge on any atom is -0.496 e. The molecule has 2 nitrogen and oxygen atoms in total. The van der Waals surface area contributed by atoms with Gasteiger partial charge in [-0.3, -0.25) is 4.79 Å². The number of carbonyl (C=O) groups excluding carboxylic acids is 1. The molecule has 0 bridgehead atoms. The van der Waals surface area contributed by atoms with Crippen LogP contribution in [0.4, 0.5) is 0 Å². The van der Waals surface area contributed by atoms with Crippen LogP contribution in [0.3, 0.4) is 0 Å². The number of benzene rings is 2. The standard InChI is InChI=1S/C18H16O2/c1-20-18-14-8-6-12-16(18)17(19)13-7-5-11-15-9-3-2-4-10-15/h2-14H,1H3/b11-5+,13-7+. The van der Waals surface area contributed by atoms with Gasteiger partial charge in [0.25, 0.3) is 0 Å². The van der Waals surface area contributed by atoms with E-state index in [2.05, 4.69) is 0 Å². The van der Waals surface area contributed by atoms with Gasteiger partial charge in [0.1, 0.15) is 5.75 Å². The number of ketones is 1. The number of carbonyl (C=O) groups is 1. The van der Waals surface area contributed by atoms with Gasteiger partial charge in [-0.05, 0) is 23.8 Å². The first-order valence-electron chi connectivity index (χ1n) is 6.38. The average Bonchev–Trinajstić information content (AvgIpc) is 2.52. The van der Waals surface area contributed by atoms with Crippen LogP contribution in [0.5, 0.6) is 5.75 Å². The third-order valence-electron chi connectivity index (χ3n) is 2.82. The normalized spacial score (nSPS) is 11.1. The summed E-state index contributed by atoms with van der Waals surface area (Å²) in [6.07, 6.45) is 7.08. The third-order valence-corrected chi connectivity index (χ3v) is 2.82. The maximum Gasteiger partial charge on any atom is 0.189 e. The maximum atomic E-state index is 12.0. The molecule has 0 amide bonds. The van der Waals surface area contributed by atoms with Crippen LogP contribution < -0.4 is 4.74 Å². The quantitative estimate of drug-likeness (QED) is 0.461. The van der Waals surface area contributed by atoms with Crippen molar-refractivity contribution in [1.82, 2.24) is 0 Å². The van der Waals surface area contributed by atoms with E-state index < -0.39 is 0 Å². The Balaban J connectivity index is 2.04. The number of rotatable bonds is 5. The molecule has 0 heterocycles. The van der Waals surface area contributed by atoms with Crippen LogP contribution in [-0.4, -0.2) is 12.9 Å². The molecule has 0 fully saturated rings. The first kappa shape index (κ1) is 13.8. The summed E-state index contributed by atoms with van der Waals surface area (Å²) in [5.74, 6) is 0.523. The largest absolute Gasteiger partial charge is 0.496 e. The van der Waals surface area contributed by atoms with E-state index >= 15 is 0 Å². The van der Waals surface area contributed by atoms with Crippen LogP contribution in [0, 0.1) is 0 Å². The SMILES string of the molecule is COc1ccccc1C(=O)/C=C/C=C/c1ccccc1. The molecule has 0 radical (unpaired) electrons. The monoisotopic (exact) mass is 264 g/mol. The summed E-state index contributed by atoms with van der Waals surface area (Å²) in [6, 6.07) is 17.1. The molecule has 0 aliphatic carbocycles. The fourth-order valence-corrected chi connectivity index (χ4v) is 1.81. The smallest absolute Gasteiger partial charge is 0.189 e. The molecule has 2 aromatic carbocycles. The second kappa shape index (κ2) is 7.10.